The summed E-state index contributed by atoms with van der Waals surface area (Å²) in [6.45, 7) is 1.21. The van der Waals surface area contributed by atoms with Gasteiger partial charge in [0.1, 0.15) is 11.0 Å². The fourth-order valence-corrected chi connectivity index (χ4v) is 5.14. The maximum Gasteiger partial charge on any atom is 0.416 e. The summed E-state index contributed by atoms with van der Waals surface area (Å²) in [5, 5.41) is 19.8. The number of hydrogen-bond acceptors (Lipinski definition) is 4. The molecule has 2 N–H and O–H groups in total. The second-order valence-electron chi connectivity index (χ2n) is 9.01. The number of nitrogens with one attached hydrogen (secondary N) is 1. The first-order valence-electron chi connectivity index (χ1n) is 10.9. The molecular weight excluding hydrogens is 451 g/mol. The molecule has 3 heterocycles. The first-order chi connectivity index (χ1) is 16.2. The lowest BCUT2D eigenvalue weighted by Crippen LogP contribution is -2.69. The first-order valence-corrected chi connectivity index (χ1v) is 10.9. The highest BCUT2D eigenvalue weighted by atomic mass is 19.4. The fourth-order valence-electron chi connectivity index (χ4n) is 5.14. The average Bonchev–Trinajstić information content (AvgIpc) is 3.28. The molecule has 0 saturated carbocycles. The van der Waals surface area contributed by atoms with Gasteiger partial charge in [-0.15, -0.1) is 0 Å². The number of rotatable bonds is 3. The number of nitrogens with zero attached hydrogens (tertiary/aromatic N) is 4. The molecule has 1 atom stereocenters. The number of hydrogen-bond donors (Lipinski definition) is 2. The van der Waals surface area contributed by atoms with E-state index in [1.807, 2.05) is 0 Å². The van der Waals surface area contributed by atoms with E-state index in [-0.39, 0.29) is 17.4 Å². The molecule has 2 fully saturated rings. The van der Waals surface area contributed by atoms with Gasteiger partial charge in [-0.2, -0.15) is 28.6 Å². The van der Waals surface area contributed by atoms with Gasteiger partial charge in [0.25, 0.3) is 5.91 Å². The molecule has 2 saturated heterocycles. The smallest absolute Gasteiger partial charge is 0.416 e. The Balaban J connectivity index is 1.40. The second-order valence-corrected chi connectivity index (χ2v) is 9.01. The Kier molecular flexibility index (Phi) is 5.22. The maximum absolute atomic E-state index is 13.4. The minimum atomic E-state index is -4.42. The summed E-state index contributed by atoms with van der Waals surface area (Å²) in [5.41, 5.74) is 1.36. The summed E-state index contributed by atoms with van der Waals surface area (Å²) < 4.78 is 38.9. The molecule has 0 aliphatic carbocycles. The second kappa shape index (κ2) is 8.00. The molecule has 5 rings (SSSR count). The fraction of sp³-hybridized carbons (Fsp3) is 0.391. The monoisotopic (exact) mass is 473 g/mol. The number of carbonyl (C=O) groups is 2. The van der Waals surface area contributed by atoms with E-state index in [1.165, 1.54) is 17.0 Å². The largest absolute Gasteiger partial charge is 0.465 e. The number of benzene rings is 2. The maximum atomic E-state index is 13.4. The Labute approximate surface area is 192 Å². The molecule has 178 valence electrons. The highest BCUT2D eigenvalue weighted by Gasteiger charge is 2.55. The lowest BCUT2D eigenvalue weighted by atomic mass is 9.63. The van der Waals surface area contributed by atoms with E-state index in [4.69, 9.17) is 0 Å². The molecule has 1 aromatic heterocycles. The number of carboxylic acid groups (broad SMARTS) is 1. The van der Waals surface area contributed by atoms with Crippen LogP contribution in [0.3, 0.4) is 0 Å². The predicted octanol–water partition coefficient (Wildman–Crippen LogP) is 3.80. The van der Waals surface area contributed by atoms with Gasteiger partial charge in [0, 0.05) is 36.7 Å². The van der Waals surface area contributed by atoms with Crippen LogP contribution in [0.5, 0.6) is 0 Å². The minimum absolute atomic E-state index is 0.187. The molecule has 2 amide bonds. The number of carbonyl (C=O) groups excluding carboxylic acids is 1. The normalized spacial score (nSPS) is 19.9. The third kappa shape index (κ3) is 3.84. The van der Waals surface area contributed by atoms with Crippen molar-refractivity contribution in [2.75, 3.05) is 19.6 Å². The van der Waals surface area contributed by atoms with Crippen LogP contribution in [-0.4, -0.2) is 68.0 Å². The van der Waals surface area contributed by atoms with E-state index in [1.54, 1.807) is 23.1 Å². The lowest BCUT2D eigenvalue weighted by Gasteiger charge is -2.60. The van der Waals surface area contributed by atoms with Gasteiger partial charge in [0.15, 0.2) is 0 Å². The van der Waals surface area contributed by atoms with Gasteiger partial charge in [0.05, 0.1) is 5.56 Å². The first kappa shape index (κ1) is 22.2. The van der Waals surface area contributed by atoms with Crippen molar-refractivity contribution < 1.29 is 27.9 Å². The van der Waals surface area contributed by atoms with Gasteiger partial charge >= 0.3 is 12.3 Å². The summed E-state index contributed by atoms with van der Waals surface area (Å²) in [5.74, 6) is -0.187. The van der Waals surface area contributed by atoms with E-state index in [9.17, 15) is 27.9 Å². The van der Waals surface area contributed by atoms with Gasteiger partial charge in [-0.25, -0.2) is 4.79 Å². The van der Waals surface area contributed by atoms with Crippen molar-refractivity contribution in [2.24, 2.45) is 5.41 Å². The number of fused-ring (bicyclic) bond motifs is 1. The van der Waals surface area contributed by atoms with Crippen molar-refractivity contribution in [3.05, 3.63) is 59.2 Å². The zero-order valence-corrected chi connectivity index (χ0v) is 18.0. The van der Waals surface area contributed by atoms with Crippen LogP contribution in [0.15, 0.2) is 42.5 Å². The molecule has 1 spiro atoms. The molecule has 8 nitrogen and oxygen atoms in total. The number of aromatic amines is 1. The van der Waals surface area contributed by atoms with Crippen molar-refractivity contribution >= 4 is 23.0 Å². The van der Waals surface area contributed by atoms with Crippen LogP contribution in [0.1, 0.15) is 34.3 Å². The minimum Gasteiger partial charge on any atom is -0.465 e. The molecule has 0 bridgehead atoms. The van der Waals surface area contributed by atoms with Crippen molar-refractivity contribution in [2.45, 2.75) is 31.5 Å². The third-order valence-corrected chi connectivity index (χ3v) is 7.13. The highest BCUT2D eigenvalue weighted by Crippen LogP contribution is 2.48. The predicted molar refractivity (Wildman–Crippen MR) is 115 cm³/mol. The Morgan fingerprint density at radius 3 is 2.38 bits per heavy atom. The topological polar surface area (TPSA) is 102 Å². The van der Waals surface area contributed by atoms with E-state index in [0.717, 1.165) is 12.1 Å². The van der Waals surface area contributed by atoms with Gasteiger partial charge in [-0.1, -0.05) is 12.1 Å². The Morgan fingerprint density at radius 2 is 1.74 bits per heavy atom. The van der Waals surface area contributed by atoms with Gasteiger partial charge in [0.2, 0.25) is 0 Å². The zero-order chi connectivity index (χ0) is 24.1. The zero-order valence-electron chi connectivity index (χ0n) is 18.0. The molecular formula is C23H22F3N5O3. The third-order valence-electron chi connectivity index (χ3n) is 7.13. The highest BCUT2D eigenvalue weighted by molar-refractivity contribution is 5.98. The van der Waals surface area contributed by atoms with Crippen molar-refractivity contribution in [3.63, 3.8) is 0 Å². The van der Waals surface area contributed by atoms with Crippen LogP contribution >= 0.6 is 0 Å². The van der Waals surface area contributed by atoms with E-state index in [0.29, 0.717) is 61.1 Å². The van der Waals surface area contributed by atoms with Gasteiger partial charge in [-0.3, -0.25) is 4.79 Å². The summed E-state index contributed by atoms with van der Waals surface area (Å²) in [7, 11) is 0. The molecule has 2 aromatic carbocycles. The summed E-state index contributed by atoms with van der Waals surface area (Å²) in [6, 6.07) is 9.81. The lowest BCUT2D eigenvalue weighted by molar-refractivity contribution is -0.137. The number of halogens is 3. The van der Waals surface area contributed by atoms with Crippen LogP contribution in [0.4, 0.5) is 18.0 Å². The molecule has 0 radical (unpaired) electrons. The van der Waals surface area contributed by atoms with Crippen LogP contribution in [0.25, 0.3) is 11.0 Å². The number of aromatic nitrogens is 3. The van der Waals surface area contributed by atoms with Crippen LogP contribution in [0, 0.1) is 5.41 Å². The average molecular weight is 473 g/mol. The van der Waals surface area contributed by atoms with Gasteiger partial charge in [-0.05, 0) is 55.2 Å². The number of amides is 2. The standard InChI is InChI=1S/C23H22F3N5O3/c24-23(25,26)16-4-1-14(2-5-16)11-19-22(7-9-30(10-8-22)21(33)34)13-31(19)20(32)15-3-6-17-18(12-15)28-29-27-17/h1-6,12,19H,7-11,13H2,(H,33,34)(H,27,28,29). The summed E-state index contributed by atoms with van der Waals surface area (Å²) >= 11 is 0. The van der Waals surface area contributed by atoms with Crippen LogP contribution in [0.2, 0.25) is 0 Å². The number of likely N-dealkylation sites (tertiary alicyclic amines) is 2. The van der Waals surface area contributed by atoms with Crippen molar-refractivity contribution in [3.8, 4) is 0 Å². The number of H-pyrrole nitrogens is 1. The van der Waals surface area contributed by atoms with Crippen LogP contribution < -0.4 is 0 Å². The Bertz CT molecular complexity index is 1230. The van der Waals surface area contributed by atoms with E-state index in [2.05, 4.69) is 15.4 Å². The Morgan fingerprint density at radius 1 is 1.06 bits per heavy atom. The van der Waals surface area contributed by atoms with E-state index >= 15 is 0 Å². The molecule has 3 aromatic rings. The Hall–Kier alpha value is -3.63. The number of piperidine rings is 1. The molecule has 2 aliphatic heterocycles. The molecule has 2 aliphatic rings. The van der Waals surface area contributed by atoms with Gasteiger partial charge < -0.3 is 14.9 Å². The summed E-state index contributed by atoms with van der Waals surface area (Å²) in [6.07, 6.45) is -3.81. The SMILES string of the molecule is O=C(O)N1CCC2(CC1)CN(C(=O)c1ccc3n[nH]nc3c1)C2Cc1ccc(C(F)(F)F)cc1. The molecule has 34 heavy (non-hydrogen) atoms. The summed E-state index contributed by atoms with van der Waals surface area (Å²) in [4.78, 5) is 27.9. The van der Waals surface area contributed by atoms with E-state index < -0.39 is 17.8 Å². The quantitative estimate of drug-likeness (QED) is 0.603. The van der Waals surface area contributed by atoms with Crippen molar-refractivity contribution in [1.82, 2.24) is 25.2 Å². The van der Waals surface area contributed by atoms with Crippen LogP contribution in [-0.2, 0) is 12.6 Å². The number of alkyl halides is 3. The molecule has 11 heteroatoms. The van der Waals surface area contributed by atoms with Crippen molar-refractivity contribution in [1.29, 1.82) is 0 Å². The molecule has 1 unspecified atom stereocenters.